The molecule has 0 saturated carbocycles. The van der Waals surface area contributed by atoms with Gasteiger partial charge in [0.1, 0.15) is 0 Å². The SMILES string of the molecule is CC(CCN)c1ccc(N)cc1CS(C)=O. The van der Waals surface area contributed by atoms with Crippen molar-refractivity contribution in [3.05, 3.63) is 29.3 Å². The zero-order valence-electron chi connectivity index (χ0n) is 9.90. The zero-order chi connectivity index (χ0) is 12.1. The Morgan fingerprint density at radius 3 is 2.69 bits per heavy atom. The number of anilines is 1. The molecule has 4 heteroatoms. The minimum absolute atomic E-state index is 0.393. The van der Waals surface area contributed by atoms with E-state index in [1.165, 1.54) is 5.56 Å². The van der Waals surface area contributed by atoms with Gasteiger partial charge < -0.3 is 11.5 Å². The van der Waals surface area contributed by atoms with Crippen molar-refractivity contribution in [2.75, 3.05) is 18.5 Å². The van der Waals surface area contributed by atoms with Crippen LogP contribution in [0, 0.1) is 0 Å². The van der Waals surface area contributed by atoms with Gasteiger partial charge in [-0.25, -0.2) is 0 Å². The molecule has 1 aromatic carbocycles. The van der Waals surface area contributed by atoms with Crippen LogP contribution in [0.15, 0.2) is 18.2 Å². The van der Waals surface area contributed by atoms with Crippen LogP contribution in [0.25, 0.3) is 0 Å². The molecule has 1 rings (SSSR count). The Morgan fingerprint density at radius 1 is 1.44 bits per heavy atom. The molecule has 3 nitrogen and oxygen atoms in total. The van der Waals surface area contributed by atoms with Crippen LogP contribution in [0.4, 0.5) is 5.69 Å². The monoisotopic (exact) mass is 240 g/mol. The van der Waals surface area contributed by atoms with Crippen LogP contribution in [0.3, 0.4) is 0 Å². The summed E-state index contributed by atoms with van der Waals surface area (Å²) >= 11 is 0. The summed E-state index contributed by atoms with van der Waals surface area (Å²) in [6.07, 6.45) is 2.65. The van der Waals surface area contributed by atoms with E-state index < -0.39 is 10.8 Å². The highest BCUT2D eigenvalue weighted by Gasteiger charge is 2.11. The third-order valence-corrected chi connectivity index (χ3v) is 3.37. The van der Waals surface area contributed by atoms with Gasteiger partial charge in [0.05, 0.1) is 0 Å². The van der Waals surface area contributed by atoms with Crippen LogP contribution >= 0.6 is 0 Å². The number of hydrogen-bond acceptors (Lipinski definition) is 3. The summed E-state index contributed by atoms with van der Waals surface area (Å²) in [5.41, 5.74) is 14.3. The van der Waals surface area contributed by atoms with Gasteiger partial charge in [0.2, 0.25) is 0 Å². The maximum absolute atomic E-state index is 11.3. The Kier molecular flexibility index (Phi) is 4.96. The lowest BCUT2D eigenvalue weighted by Crippen LogP contribution is -2.08. The number of rotatable bonds is 5. The van der Waals surface area contributed by atoms with Gasteiger partial charge in [-0.3, -0.25) is 4.21 Å². The van der Waals surface area contributed by atoms with E-state index >= 15 is 0 Å². The highest BCUT2D eigenvalue weighted by atomic mass is 32.2. The average molecular weight is 240 g/mol. The molecule has 0 fully saturated rings. The molecule has 0 aliphatic heterocycles. The molecule has 0 amide bonds. The fourth-order valence-corrected chi connectivity index (χ4v) is 2.54. The molecule has 0 radical (unpaired) electrons. The molecular formula is C12H20N2OS. The minimum atomic E-state index is -0.842. The van der Waals surface area contributed by atoms with Crippen molar-refractivity contribution < 1.29 is 4.21 Å². The molecule has 0 heterocycles. The summed E-state index contributed by atoms with van der Waals surface area (Å²) < 4.78 is 11.3. The minimum Gasteiger partial charge on any atom is -0.399 e. The van der Waals surface area contributed by atoms with Crippen LogP contribution in [0.2, 0.25) is 0 Å². The lowest BCUT2D eigenvalue weighted by molar-refractivity contribution is 0.679. The summed E-state index contributed by atoms with van der Waals surface area (Å²) in [5.74, 6) is 0.957. The van der Waals surface area contributed by atoms with E-state index in [1.54, 1.807) is 6.26 Å². The molecule has 0 saturated heterocycles. The van der Waals surface area contributed by atoms with Gasteiger partial charge in [0.15, 0.2) is 0 Å². The maximum atomic E-state index is 11.3. The van der Waals surface area contributed by atoms with Gasteiger partial charge in [-0.05, 0) is 42.1 Å². The van der Waals surface area contributed by atoms with Gasteiger partial charge in [-0.15, -0.1) is 0 Å². The Labute approximate surface area is 99.7 Å². The van der Waals surface area contributed by atoms with Gasteiger partial charge >= 0.3 is 0 Å². The average Bonchev–Trinajstić information content (AvgIpc) is 2.16. The number of nitrogens with two attached hydrogens (primary N) is 2. The third-order valence-electron chi connectivity index (χ3n) is 2.66. The first-order valence-corrected chi connectivity index (χ1v) is 7.15. The van der Waals surface area contributed by atoms with E-state index in [9.17, 15) is 4.21 Å². The summed E-state index contributed by atoms with van der Waals surface area (Å²) in [5, 5.41) is 0. The maximum Gasteiger partial charge on any atom is 0.0486 e. The lowest BCUT2D eigenvalue weighted by atomic mass is 9.93. The van der Waals surface area contributed by atoms with Crippen molar-refractivity contribution in [1.29, 1.82) is 0 Å². The first kappa shape index (κ1) is 13.2. The third kappa shape index (κ3) is 3.61. The second-order valence-electron chi connectivity index (χ2n) is 4.15. The molecule has 0 aliphatic carbocycles. The van der Waals surface area contributed by atoms with Crippen molar-refractivity contribution in [2.24, 2.45) is 5.73 Å². The van der Waals surface area contributed by atoms with Crippen molar-refractivity contribution in [3.63, 3.8) is 0 Å². The molecule has 1 aromatic rings. The predicted molar refractivity (Wildman–Crippen MR) is 70.7 cm³/mol. The van der Waals surface area contributed by atoms with Crippen LogP contribution < -0.4 is 11.5 Å². The van der Waals surface area contributed by atoms with Crippen molar-refractivity contribution in [2.45, 2.75) is 25.0 Å². The van der Waals surface area contributed by atoms with Crippen molar-refractivity contribution >= 4 is 16.5 Å². The quantitative estimate of drug-likeness (QED) is 0.768. The van der Waals surface area contributed by atoms with Gasteiger partial charge in [-0.2, -0.15) is 0 Å². The van der Waals surface area contributed by atoms with Crippen LogP contribution in [0.5, 0.6) is 0 Å². The molecule has 0 bridgehead atoms. The van der Waals surface area contributed by atoms with E-state index in [2.05, 4.69) is 6.92 Å². The molecular weight excluding hydrogens is 220 g/mol. The Morgan fingerprint density at radius 2 is 2.12 bits per heavy atom. The summed E-state index contributed by atoms with van der Waals surface area (Å²) in [7, 11) is -0.842. The molecule has 90 valence electrons. The van der Waals surface area contributed by atoms with E-state index in [4.69, 9.17) is 11.5 Å². The predicted octanol–water partition coefficient (Wildman–Crippen LogP) is 1.60. The second kappa shape index (κ2) is 6.01. The molecule has 16 heavy (non-hydrogen) atoms. The van der Waals surface area contributed by atoms with E-state index in [-0.39, 0.29) is 0 Å². The summed E-state index contributed by atoms with van der Waals surface area (Å²) in [6.45, 7) is 2.81. The highest BCUT2D eigenvalue weighted by Crippen LogP contribution is 2.25. The van der Waals surface area contributed by atoms with Gasteiger partial charge in [-0.1, -0.05) is 13.0 Å². The van der Waals surface area contributed by atoms with E-state index in [0.717, 1.165) is 17.7 Å². The Bertz CT molecular complexity index is 379. The summed E-state index contributed by atoms with van der Waals surface area (Å²) in [4.78, 5) is 0. The van der Waals surface area contributed by atoms with Gasteiger partial charge in [0.25, 0.3) is 0 Å². The molecule has 2 unspecified atom stereocenters. The molecule has 0 spiro atoms. The smallest absolute Gasteiger partial charge is 0.0486 e. The van der Waals surface area contributed by atoms with Crippen LogP contribution in [-0.2, 0) is 16.6 Å². The molecule has 4 N–H and O–H groups in total. The Balaban J connectivity index is 3.01. The van der Waals surface area contributed by atoms with E-state index in [1.807, 2.05) is 18.2 Å². The molecule has 0 aliphatic rings. The first-order chi connectivity index (χ1) is 7.54. The van der Waals surface area contributed by atoms with Crippen molar-refractivity contribution in [1.82, 2.24) is 0 Å². The first-order valence-electron chi connectivity index (χ1n) is 5.43. The Hall–Kier alpha value is -0.870. The zero-order valence-corrected chi connectivity index (χ0v) is 10.7. The molecule has 0 aromatic heterocycles. The second-order valence-corrected chi connectivity index (χ2v) is 5.59. The lowest BCUT2D eigenvalue weighted by Gasteiger charge is -2.15. The van der Waals surface area contributed by atoms with Crippen LogP contribution in [-0.4, -0.2) is 17.0 Å². The summed E-state index contributed by atoms with van der Waals surface area (Å²) in [6, 6.07) is 5.84. The van der Waals surface area contributed by atoms with E-state index in [0.29, 0.717) is 18.2 Å². The fourth-order valence-electron chi connectivity index (χ4n) is 1.86. The highest BCUT2D eigenvalue weighted by molar-refractivity contribution is 7.83. The largest absolute Gasteiger partial charge is 0.399 e. The van der Waals surface area contributed by atoms with Crippen molar-refractivity contribution in [3.8, 4) is 0 Å². The fraction of sp³-hybridized carbons (Fsp3) is 0.500. The van der Waals surface area contributed by atoms with Gasteiger partial charge in [0, 0.05) is 28.5 Å². The normalized spacial score (nSPS) is 14.7. The number of nitrogen functional groups attached to an aromatic ring is 1. The molecule has 2 atom stereocenters. The standard InChI is InChI=1S/C12H20N2OS/c1-9(5-6-13)12-4-3-11(14)7-10(12)8-16(2)15/h3-4,7,9H,5-6,8,13-14H2,1-2H3. The number of hydrogen-bond donors (Lipinski definition) is 2. The van der Waals surface area contributed by atoms with Crippen LogP contribution in [0.1, 0.15) is 30.4 Å². The topological polar surface area (TPSA) is 69.1 Å². The number of benzene rings is 1.